The fourth-order valence-electron chi connectivity index (χ4n) is 2.83. The summed E-state index contributed by atoms with van der Waals surface area (Å²) in [6, 6.07) is 18.1. The predicted molar refractivity (Wildman–Crippen MR) is 131 cm³/mol. The SMILES string of the molecule is CS(=O)(=O)N(CC(=O)Nc1ccc(S(=O)(=O)Nc2cccc(Cl)c2Cl)cc1)c1ccccc1. The number of halogens is 2. The molecule has 0 heterocycles. The molecule has 0 bridgehead atoms. The third-order valence-corrected chi connectivity index (χ3v) is 7.72. The standard InChI is InChI=1S/C21H19Cl2N3O5S2/c1-32(28,29)26(16-6-3-2-4-7-16)14-20(27)24-15-10-12-17(13-11-15)33(30,31)25-19-9-5-8-18(22)21(19)23/h2-13,25H,14H2,1H3,(H,24,27). The molecule has 0 radical (unpaired) electrons. The number of rotatable bonds is 8. The number of carbonyl (C=O) groups excluding carboxylic acids is 1. The van der Waals surface area contributed by atoms with Gasteiger partial charge in [-0.1, -0.05) is 47.5 Å². The normalized spacial score (nSPS) is 11.6. The summed E-state index contributed by atoms with van der Waals surface area (Å²) in [5.41, 5.74) is 0.770. The Bertz CT molecular complexity index is 1360. The molecule has 0 aromatic heterocycles. The molecule has 3 rings (SSSR count). The third kappa shape index (κ3) is 6.38. The molecule has 1 amide bonds. The number of hydrogen-bond donors (Lipinski definition) is 2. The molecule has 0 aliphatic rings. The average molecular weight is 528 g/mol. The molecule has 0 spiro atoms. The zero-order valence-electron chi connectivity index (χ0n) is 17.2. The summed E-state index contributed by atoms with van der Waals surface area (Å²) in [6.07, 6.45) is 1.01. The molecule has 0 aliphatic heterocycles. The Morgan fingerprint density at radius 2 is 1.52 bits per heavy atom. The fraction of sp³-hybridized carbons (Fsp3) is 0.0952. The van der Waals surface area contributed by atoms with Crippen molar-refractivity contribution in [1.82, 2.24) is 0 Å². The van der Waals surface area contributed by atoms with Gasteiger partial charge in [-0.2, -0.15) is 0 Å². The minimum atomic E-state index is -3.97. The largest absolute Gasteiger partial charge is 0.325 e. The monoisotopic (exact) mass is 527 g/mol. The van der Waals surface area contributed by atoms with E-state index in [9.17, 15) is 21.6 Å². The summed E-state index contributed by atoms with van der Waals surface area (Å²) in [5.74, 6) is -0.594. The molecule has 0 fully saturated rings. The molecule has 0 saturated carbocycles. The van der Waals surface area contributed by atoms with E-state index in [0.29, 0.717) is 11.4 Å². The van der Waals surface area contributed by atoms with Crippen molar-refractivity contribution in [2.45, 2.75) is 4.90 Å². The van der Waals surface area contributed by atoms with Crippen LogP contribution in [0.5, 0.6) is 0 Å². The van der Waals surface area contributed by atoms with Gasteiger partial charge in [-0.05, 0) is 48.5 Å². The Morgan fingerprint density at radius 3 is 2.12 bits per heavy atom. The zero-order chi connectivity index (χ0) is 24.2. The second kappa shape index (κ2) is 10.0. The van der Waals surface area contributed by atoms with Gasteiger partial charge in [0.1, 0.15) is 6.54 Å². The number of benzene rings is 3. The van der Waals surface area contributed by atoms with Crippen molar-refractivity contribution in [3.63, 3.8) is 0 Å². The van der Waals surface area contributed by atoms with Crippen LogP contribution >= 0.6 is 23.2 Å². The van der Waals surface area contributed by atoms with Crippen LogP contribution in [0.4, 0.5) is 17.1 Å². The lowest BCUT2D eigenvalue weighted by atomic mass is 10.3. The van der Waals surface area contributed by atoms with Gasteiger partial charge in [0, 0.05) is 5.69 Å². The minimum Gasteiger partial charge on any atom is -0.325 e. The van der Waals surface area contributed by atoms with Gasteiger partial charge in [0.25, 0.3) is 10.0 Å². The van der Waals surface area contributed by atoms with Crippen molar-refractivity contribution in [1.29, 1.82) is 0 Å². The van der Waals surface area contributed by atoms with Crippen LogP contribution < -0.4 is 14.3 Å². The summed E-state index contributed by atoms with van der Waals surface area (Å²) >= 11 is 11.9. The van der Waals surface area contributed by atoms with Crippen molar-refractivity contribution in [3.8, 4) is 0 Å². The number of nitrogens with zero attached hydrogens (tertiary/aromatic N) is 1. The highest BCUT2D eigenvalue weighted by molar-refractivity contribution is 7.92. The van der Waals surface area contributed by atoms with Gasteiger partial charge >= 0.3 is 0 Å². The number of carbonyl (C=O) groups is 1. The Balaban J connectivity index is 1.72. The summed E-state index contributed by atoms with van der Waals surface area (Å²) < 4.78 is 52.9. The molecule has 12 heteroatoms. The van der Waals surface area contributed by atoms with Gasteiger partial charge in [0.2, 0.25) is 15.9 Å². The van der Waals surface area contributed by atoms with E-state index in [-0.39, 0.29) is 20.6 Å². The molecular formula is C21H19Cl2N3O5S2. The number of nitrogens with one attached hydrogen (secondary N) is 2. The first-order chi connectivity index (χ1) is 15.5. The van der Waals surface area contributed by atoms with E-state index in [2.05, 4.69) is 10.0 Å². The number of amides is 1. The number of para-hydroxylation sites is 1. The van der Waals surface area contributed by atoms with Crippen molar-refractivity contribution >= 4 is 66.2 Å². The van der Waals surface area contributed by atoms with Crippen molar-refractivity contribution in [2.75, 3.05) is 27.1 Å². The lowest BCUT2D eigenvalue weighted by Gasteiger charge is -2.21. The molecule has 174 valence electrons. The molecule has 0 saturated heterocycles. The maximum atomic E-state index is 12.6. The molecule has 33 heavy (non-hydrogen) atoms. The van der Waals surface area contributed by atoms with Gasteiger partial charge in [0.05, 0.1) is 32.6 Å². The first kappa shape index (κ1) is 24.8. The summed E-state index contributed by atoms with van der Waals surface area (Å²) in [4.78, 5) is 12.4. The van der Waals surface area contributed by atoms with Crippen molar-refractivity contribution < 1.29 is 21.6 Å². The van der Waals surface area contributed by atoms with E-state index >= 15 is 0 Å². The molecular weight excluding hydrogens is 509 g/mol. The molecule has 3 aromatic carbocycles. The van der Waals surface area contributed by atoms with Crippen molar-refractivity contribution in [3.05, 3.63) is 82.8 Å². The predicted octanol–water partition coefficient (Wildman–Crippen LogP) is 4.20. The van der Waals surface area contributed by atoms with E-state index in [0.717, 1.165) is 10.6 Å². The first-order valence-electron chi connectivity index (χ1n) is 9.37. The van der Waals surface area contributed by atoms with E-state index in [4.69, 9.17) is 23.2 Å². The quantitative estimate of drug-likeness (QED) is 0.455. The fourth-order valence-corrected chi connectivity index (χ4v) is 5.16. The number of anilines is 3. The van der Waals surface area contributed by atoms with Crippen LogP contribution in [0.25, 0.3) is 0 Å². The molecule has 8 nitrogen and oxygen atoms in total. The lowest BCUT2D eigenvalue weighted by molar-refractivity contribution is -0.114. The van der Waals surface area contributed by atoms with Gasteiger partial charge in [-0.15, -0.1) is 0 Å². The molecule has 0 unspecified atom stereocenters. The Hall–Kier alpha value is -2.79. The van der Waals surface area contributed by atoms with Crippen LogP contribution in [-0.2, 0) is 24.8 Å². The van der Waals surface area contributed by atoms with Crippen LogP contribution in [0.3, 0.4) is 0 Å². The van der Waals surface area contributed by atoms with Crippen LogP contribution in [0.1, 0.15) is 0 Å². The molecule has 0 aliphatic carbocycles. The highest BCUT2D eigenvalue weighted by Gasteiger charge is 2.21. The number of sulfonamides is 2. The van der Waals surface area contributed by atoms with E-state index in [1.165, 1.54) is 36.4 Å². The average Bonchev–Trinajstić information content (AvgIpc) is 2.75. The lowest BCUT2D eigenvalue weighted by Crippen LogP contribution is -2.37. The zero-order valence-corrected chi connectivity index (χ0v) is 20.3. The summed E-state index contributed by atoms with van der Waals surface area (Å²) in [5, 5.41) is 2.83. The number of hydrogen-bond acceptors (Lipinski definition) is 5. The van der Waals surface area contributed by atoms with E-state index < -0.39 is 32.5 Å². The highest BCUT2D eigenvalue weighted by atomic mass is 35.5. The minimum absolute atomic E-state index is 0.0699. The van der Waals surface area contributed by atoms with Gasteiger partial charge in [-0.25, -0.2) is 16.8 Å². The Morgan fingerprint density at radius 1 is 0.879 bits per heavy atom. The highest BCUT2D eigenvalue weighted by Crippen LogP contribution is 2.31. The molecule has 2 N–H and O–H groups in total. The van der Waals surface area contributed by atoms with Crippen molar-refractivity contribution in [2.24, 2.45) is 0 Å². The topological polar surface area (TPSA) is 113 Å². The first-order valence-corrected chi connectivity index (χ1v) is 13.5. The second-order valence-electron chi connectivity index (χ2n) is 6.88. The van der Waals surface area contributed by atoms with Crippen LogP contribution in [0.2, 0.25) is 10.0 Å². The van der Waals surface area contributed by atoms with Gasteiger partial charge in [0.15, 0.2) is 0 Å². The Labute approximate surface area is 202 Å². The molecule has 0 atom stereocenters. The van der Waals surface area contributed by atoms with Crippen LogP contribution in [0.15, 0.2) is 77.7 Å². The van der Waals surface area contributed by atoms with E-state index in [1.54, 1.807) is 36.4 Å². The summed E-state index contributed by atoms with van der Waals surface area (Å²) in [7, 11) is -7.67. The smallest absolute Gasteiger partial charge is 0.261 e. The second-order valence-corrected chi connectivity index (χ2v) is 11.3. The summed E-state index contributed by atoms with van der Waals surface area (Å²) in [6.45, 7) is -0.447. The van der Waals surface area contributed by atoms with E-state index in [1.807, 2.05) is 0 Å². The van der Waals surface area contributed by atoms with Gasteiger partial charge in [-0.3, -0.25) is 13.8 Å². The maximum absolute atomic E-state index is 12.6. The Kier molecular flexibility index (Phi) is 7.53. The van der Waals surface area contributed by atoms with Crippen LogP contribution in [0, 0.1) is 0 Å². The maximum Gasteiger partial charge on any atom is 0.261 e. The van der Waals surface area contributed by atoms with Gasteiger partial charge < -0.3 is 5.32 Å². The third-order valence-electron chi connectivity index (χ3n) is 4.38. The van der Waals surface area contributed by atoms with Crippen LogP contribution in [-0.4, -0.2) is 35.5 Å². The molecule has 3 aromatic rings.